The average molecular weight is 290 g/mol. The molecule has 0 aliphatic heterocycles. The molecule has 3 aromatic heterocycles. The van der Waals surface area contributed by atoms with Crippen molar-refractivity contribution in [2.75, 3.05) is 0 Å². The van der Waals surface area contributed by atoms with Gasteiger partial charge in [-0.05, 0) is 38.1 Å². The number of hydrogen-bond acceptors (Lipinski definition) is 4. The van der Waals surface area contributed by atoms with Crippen molar-refractivity contribution in [3.8, 4) is 17.2 Å². The van der Waals surface area contributed by atoms with Crippen LogP contribution in [0.1, 0.15) is 11.3 Å². The number of pyridine rings is 1. The number of rotatable bonds is 2. The monoisotopic (exact) mass is 290 g/mol. The zero-order chi connectivity index (χ0) is 15.1. The minimum atomic E-state index is 0.700. The first-order valence-corrected chi connectivity index (χ1v) is 7.03. The molecule has 0 atom stereocenters. The van der Waals surface area contributed by atoms with Gasteiger partial charge in [-0.25, -0.2) is 4.68 Å². The van der Waals surface area contributed by atoms with Crippen LogP contribution >= 0.6 is 0 Å². The van der Waals surface area contributed by atoms with E-state index in [-0.39, 0.29) is 0 Å². The van der Waals surface area contributed by atoms with E-state index in [1.54, 1.807) is 0 Å². The van der Waals surface area contributed by atoms with E-state index in [0.29, 0.717) is 5.82 Å². The van der Waals surface area contributed by atoms with Crippen molar-refractivity contribution in [3.63, 3.8) is 0 Å². The number of hydrogen-bond donors (Lipinski definition) is 0. The fourth-order valence-corrected chi connectivity index (χ4v) is 2.47. The van der Waals surface area contributed by atoms with Crippen LogP contribution in [0.25, 0.3) is 22.9 Å². The van der Waals surface area contributed by atoms with Gasteiger partial charge < -0.3 is 0 Å². The maximum absolute atomic E-state index is 4.30. The Labute approximate surface area is 127 Å². The van der Waals surface area contributed by atoms with Crippen molar-refractivity contribution in [2.24, 2.45) is 0 Å². The highest BCUT2D eigenvalue weighted by Crippen LogP contribution is 2.21. The lowest BCUT2D eigenvalue weighted by Crippen LogP contribution is -1.99. The second kappa shape index (κ2) is 4.77. The summed E-state index contributed by atoms with van der Waals surface area (Å²) in [5, 5.41) is 17.0. The molecule has 0 spiro atoms. The molecule has 0 amide bonds. The van der Waals surface area contributed by atoms with Crippen molar-refractivity contribution in [3.05, 3.63) is 59.9 Å². The van der Waals surface area contributed by atoms with Crippen molar-refractivity contribution in [1.82, 2.24) is 29.6 Å². The van der Waals surface area contributed by atoms with E-state index in [1.165, 1.54) is 5.56 Å². The Balaban J connectivity index is 1.86. The van der Waals surface area contributed by atoms with Gasteiger partial charge >= 0.3 is 0 Å². The molecule has 0 saturated carbocycles. The van der Waals surface area contributed by atoms with Crippen LogP contribution in [-0.2, 0) is 0 Å². The molecule has 6 heteroatoms. The third kappa shape index (κ3) is 1.88. The van der Waals surface area contributed by atoms with Crippen LogP contribution < -0.4 is 0 Å². The molecule has 108 valence electrons. The van der Waals surface area contributed by atoms with Gasteiger partial charge in [0.25, 0.3) is 0 Å². The first kappa shape index (κ1) is 12.7. The second-order valence-corrected chi connectivity index (χ2v) is 5.22. The van der Waals surface area contributed by atoms with Crippen LogP contribution in [-0.4, -0.2) is 29.6 Å². The van der Waals surface area contributed by atoms with Crippen LogP contribution in [0.2, 0.25) is 0 Å². The van der Waals surface area contributed by atoms with Crippen LogP contribution in [0.3, 0.4) is 0 Å². The fraction of sp³-hybridized carbons (Fsp3) is 0.125. The summed E-state index contributed by atoms with van der Waals surface area (Å²) in [6.45, 7) is 4.05. The van der Waals surface area contributed by atoms with Crippen LogP contribution in [0.5, 0.6) is 0 Å². The lowest BCUT2D eigenvalue weighted by Gasteiger charge is -2.03. The topological polar surface area (TPSA) is 60.9 Å². The molecule has 0 unspecified atom stereocenters. The smallest absolute Gasteiger partial charge is 0.190 e. The van der Waals surface area contributed by atoms with E-state index < -0.39 is 0 Å². The van der Waals surface area contributed by atoms with Gasteiger partial charge in [-0.3, -0.25) is 4.40 Å². The van der Waals surface area contributed by atoms with Crippen LogP contribution in [0.4, 0.5) is 0 Å². The van der Waals surface area contributed by atoms with Gasteiger partial charge in [0, 0.05) is 6.20 Å². The Morgan fingerprint density at radius 2 is 1.68 bits per heavy atom. The SMILES string of the molecule is Cc1ccc(-n2nnc(-c3nnc4ccccn34)c2C)cc1. The highest BCUT2D eigenvalue weighted by atomic mass is 15.4. The van der Waals surface area contributed by atoms with Gasteiger partial charge in [0.15, 0.2) is 17.2 Å². The van der Waals surface area contributed by atoms with E-state index in [4.69, 9.17) is 0 Å². The average Bonchev–Trinajstić information content (AvgIpc) is 3.12. The Kier molecular flexibility index (Phi) is 2.75. The first-order valence-electron chi connectivity index (χ1n) is 7.03. The third-order valence-electron chi connectivity index (χ3n) is 3.70. The number of fused-ring (bicyclic) bond motifs is 1. The summed E-state index contributed by atoms with van der Waals surface area (Å²) in [4.78, 5) is 0. The van der Waals surface area contributed by atoms with Crippen molar-refractivity contribution in [1.29, 1.82) is 0 Å². The Morgan fingerprint density at radius 3 is 2.50 bits per heavy atom. The maximum Gasteiger partial charge on any atom is 0.190 e. The van der Waals surface area contributed by atoms with Gasteiger partial charge in [-0.2, -0.15) is 0 Å². The summed E-state index contributed by atoms with van der Waals surface area (Å²) in [5.74, 6) is 0.700. The van der Waals surface area contributed by atoms with E-state index in [9.17, 15) is 0 Å². The molecule has 4 rings (SSSR count). The fourth-order valence-electron chi connectivity index (χ4n) is 2.47. The molecule has 0 bridgehead atoms. The minimum Gasteiger partial charge on any atom is -0.281 e. The summed E-state index contributed by atoms with van der Waals surface area (Å²) in [7, 11) is 0. The van der Waals surface area contributed by atoms with E-state index in [0.717, 1.165) is 22.7 Å². The number of nitrogens with zero attached hydrogens (tertiary/aromatic N) is 6. The summed E-state index contributed by atoms with van der Waals surface area (Å²) >= 11 is 0. The molecule has 3 heterocycles. The standard InChI is InChI=1S/C16H14N6/c1-11-6-8-13(9-7-11)22-12(2)15(18-20-22)16-19-17-14-5-3-4-10-21(14)16/h3-10H,1-2H3. The van der Waals surface area contributed by atoms with Gasteiger partial charge in [-0.15, -0.1) is 15.3 Å². The van der Waals surface area contributed by atoms with E-state index in [2.05, 4.69) is 39.6 Å². The molecule has 0 fully saturated rings. The summed E-state index contributed by atoms with van der Waals surface area (Å²) < 4.78 is 3.73. The van der Waals surface area contributed by atoms with Crippen LogP contribution in [0, 0.1) is 13.8 Å². The molecule has 4 aromatic rings. The first-order chi connectivity index (χ1) is 10.7. The molecular formula is C16H14N6. The summed E-state index contributed by atoms with van der Waals surface area (Å²) in [5.41, 5.74) is 4.66. The normalized spacial score (nSPS) is 11.2. The molecular weight excluding hydrogens is 276 g/mol. The largest absolute Gasteiger partial charge is 0.281 e. The van der Waals surface area contributed by atoms with Crippen molar-refractivity contribution in [2.45, 2.75) is 13.8 Å². The minimum absolute atomic E-state index is 0.700. The van der Waals surface area contributed by atoms with Crippen molar-refractivity contribution < 1.29 is 0 Å². The molecule has 0 radical (unpaired) electrons. The molecule has 6 nitrogen and oxygen atoms in total. The highest BCUT2D eigenvalue weighted by molar-refractivity contribution is 5.58. The van der Waals surface area contributed by atoms with Gasteiger partial charge in [0.2, 0.25) is 0 Å². The van der Waals surface area contributed by atoms with Gasteiger partial charge in [0.05, 0.1) is 11.4 Å². The van der Waals surface area contributed by atoms with Crippen LogP contribution in [0.15, 0.2) is 48.7 Å². The third-order valence-corrected chi connectivity index (χ3v) is 3.70. The lowest BCUT2D eigenvalue weighted by molar-refractivity contribution is 0.785. The highest BCUT2D eigenvalue weighted by Gasteiger charge is 2.17. The van der Waals surface area contributed by atoms with Crippen molar-refractivity contribution >= 4 is 5.65 Å². The molecule has 22 heavy (non-hydrogen) atoms. The molecule has 0 N–H and O–H groups in total. The predicted molar refractivity (Wildman–Crippen MR) is 82.8 cm³/mol. The van der Waals surface area contributed by atoms with Gasteiger partial charge in [-0.1, -0.05) is 29.0 Å². The summed E-state index contributed by atoms with van der Waals surface area (Å²) in [6.07, 6.45) is 1.93. The lowest BCUT2D eigenvalue weighted by atomic mass is 10.2. The summed E-state index contributed by atoms with van der Waals surface area (Å²) in [6, 6.07) is 14.0. The molecule has 0 aliphatic rings. The van der Waals surface area contributed by atoms with E-state index >= 15 is 0 Å². The molecule has 0 saturated heterocycles. The number of aryl methyl sites for hydroxylation is 1. The Bertz CT molecular complexity index is 948. The zero-order valence-corrected chi connectivity index (χ0v) is 12.3. The van der Waals surface area contributed by atoms with E-state index in [1.807, 2.05) is 52.5 Å². The number of benzene rings is 1. The second-order valence-electron chi connectivity index (χ2n) is 5.22. The molecule has 0 aliphatic carbocycles. The molecule has 1 aromatic carbocycles. The van der Waals surface area contributed by atoms with Gasteiger partial charge in [0.1, 0.15) is 0 Å². The maximum atomic E-state index is 4.30. The predicted octanol–water partition coefficient (Wildman–Crippen LogP) is 2.59. The Hall–Kier alpha value is -3.02. The zero-order valence-electron chi connectivity index (χ0n) is 12.3. The number of aromatic nitrogens is 6. The quantitative estimate of drug-likeness (QED) is 0.569. The Morgan fingerprint density at radius 1 is 0.864 bits per heavy atom.